The lowest BCUT2D eigenvalue weighted by Crippen LogP contribution is -2.31. The summed E-state index contributed by atoms with van der Waals surface area (Å²) in [5.74, 6) is 0. The second-order valence-corrected chi connectivity index (χ2v) is 6.97. The van der Waals surface area contributed by atoms with Gasteiger partial charge in [0.1, 0.15) is 7.05 Å². The predicted octanol–water partition coefficient (Wildman–Crippen LogP) is 5.52. The van der Waals surface area contributed by atoms with Crippen molar-refractivity contribution in [1.82, 2.24) is 4.98 Å². The minimum Gasteiger partial charge on any atom is -0.264 e. The van der Waals surface area contributed by atoms with Crippen LogP contribution in [0, 0.1) is 13.8 Å². The van der Waals surface area contributed by atoms with Crippen molar-refractivity contribution in [1.29, 1.82) is 0 Å². The number of hydrogen-bond acceptors (Lipinski definition) is 1. The summed E-state index contributed by atoms with van der Waals surface area (Å²) < 4.78 is 2.20. The fourth-order valence-electron chi connectivity index (χ4n) is 3.68. The standard InChI is InChI=1S/C25H23N2/c1-18-16-21(20-8-5-4-6-9-20)11-12-22(18)24-10-7-15-27(3)25(24)23-13-14-26-17-19(23)2/h4-17H,1-3H3/q+1. The highest BCUT2D eigenvalue weighted by molar-refractivity contribution is 5.83. The molecule has 0 aliphatic heterocycles. The third kappa shape index (κ3) is 3.26. The average Bonchev–Trinajstić information content (AvgIpc) is 2.69. The van der Waals surface area contributed by atoms with E-state index in [1.165, 1.54) is 44.6 Å². The van der Waals surface area contributed by atoms with Crippen molar-refractivity contribution < 1.29 is 4.57 Å². The van der Waals surface area contributed by atoms with Crippen molar-refractivity contribution in [3.05, 3.63) is 96.4 Å². The molecule has 4 aromatic rings. The number of aryl methyl sites for hydroxylation is 3. The lowest BCUT2D eigenvalue weighted by atomic mass is 9.92. The van der Waals surface area contributed by atoms with Crippen LogP contribution in [-0.4, -0.2) is 4.98 Å². The van der Waals surface area contributed by atoms with Gasteiger partial charge in [-0.15, -0.1) is 0 Å². The molecule has 4 rings (SSSR count). The van der Waals surface area contributed by atoms with Crippen LogP contribution < -0.4 is 4.57 Å². The van der Waals surface area contributed by atoms with Gasteiger partial charge in [-0.25, -0.2) is 4.57 Å². The number of nitrogens with zero attached hydrogens (tertiary/aromatic N) is 2. The van der Waals surface area contributed by atoms with Gasteiger partial charge in [0.25, 0.3) is 0 Å². The van der Waals surface area contributed by atoms with Gasteiger partial charge in [0, 0.05) is 18.5 Å². The van der Waals surface area contributed by atoms with Crippen molar-refractivity contribution >= 4 is 0 Å². The maximum atomic E-state index is 4.26. The Balaban J connectivity index is 1.88. The van der Waals surface area contributed by atoms with Gasteiger partial charge in [0.05, 0.1) is 11.1 Å². The Kier molecular flexibility index (Phi) is 4.55. The van der Waals surface area contributed by atoms with Gasteiger partial charge < -0.3 is 0 Å². The first-order chi connectivity index (χ1) is 13.1. The predicted molar refractivity (Wildman–Crippen MR) is 111 cm³/mol. The molecule has 0 aliphatic rings. The van der Waals surface area contributed by atoms with Gasteiger partial charge >= 0.3 is 0 Å². The number of rotatable bonds is 3. The molecule has 0 fully saturated rings. The van der Waals surface area contributed by atoms with E-state index in [2.05, 4.69) is 103 Å². The van der Waals surface area contributed by atoms with Crippen LogP contribution in [0.2, 0.25) is 0 Å². The highest BCUT2D eigenvalue weighted by Gasteiger charge is 2.20. The van der Waals surface area contributed by atoms with E-state index >= 15 is 0 Å². The van der Waals surface area contributed by atoms with E-state index in [1.54, 1.807) is 0 Å². The van der Waals surface area contributed by atoms with Gasteiger partial charge in [-0.1, -0.05) is 48.5 Å². The van der Waals surface area contributed by atoms with Crippen LogP contribution in [0.25, 0.3) is 33.5 Å². The maximum Gasteiger partial charge on any atom is 0.220 e. The Labute approximate surface area is 160 Å². The highest BCUT2D eigenvalue weighted by atomic mass is 14.9. The number of benzene rings is 2. The SMILES string of the molecule is Cc1cc(-c2ccccc2)ccc1-c1ccc[n+](C)c1-c1ccncc1C. The van der Waals surface area contributed by atoms with Crippen molar-refractivity contribution in [3.63, 3.8) is 0 Å². The Morgan fingerprint density at radius 1 is 0.704 bits per heavy atom. The second kappa shape index (κ2) is 7.16. The fourth-order valence-corrected chi connectivity index (χ4v) is 3.68. The molecule has 2 heterocycles. The van der Waals surface area contributed by atoms with E-state index in [1.807, 2.05) is 12.4 Å². The summed E-state index contributed by atoms with van der Waals surface area (Å²) in [5.41, 5.74) is 9.88. The summed E-state index contributed by atoms with van der Waals surface area (Å²) in [6, 6.07) is 23.7. The molecule has 132 valence electrons. The van der Waals surface area contributed by atoms with Crippen LogP contribution in [-0.2, 0) is 7.05 Å². The first-order valence-corrected chi connectivity index (χ1v) is 9.21. The minimum atomic E-state index is 1.18. The Hall–Kier alpha value is -3.26. The maximum absolute atomic E-state index is 4.26. The third-order valence-corrected chi connectivity index (χ3v) is 5.08. The molecule has 0 saturated carbocycles. The van der Waals surface area contributed by atoms with E-state index in [-0.39, 0.29) is 0 Å². The lowest BCUT2D eigenvalue weighted by Gasteiger charge is -2.13. The molecule has 0 aliphatic carbocycles. The lowest BCUT2D eigenvalue weighted by molar-refractivity contribution is -0.660. The number of pyridine rings is 2. The van der Waals surface area contributed by atoms with E-state index in [4.69, 9.17) is 0 Å². The Bertz CT molecular complexity index is 1100. The largest absolute Gasteiger partial charge is 0.264 e. The Morgan fingerprint density at radius 3 is 2.26 bits per heavy atom. The molecule has 0 unspecified atom stereocenters. The molecule has 0 bridgehead atoms. The zero-order valence-corrected chi connectivity index (χ0v) is 16.0. The molecule has 0 atom stereocenters. The molecule has 0 N–H and O–H groups in total. The van der Waals surface area contributed by atoms with Crippen molar-refractivity contribution in [2.24, 2.45) is 7.05 Å². The number of aromatic nitrogens is 2. The van der Waals surface area contributed by atoms with Gasteiger partial charge in [-0.3, -0.25) is 4.98 Å². The van der Waals surface area contributed by atoms with Crippen molar-refractivity contribution in [2.45, 2.75) is 13.8 Å². The molecule has 27 heavy (non-hydrogen) atoms. The first-order valence-electron chi connectivity index (χ1n) is 9.21. The minimum absolute atomic E-state index is 1.18. The average molecular weight is 351 g/mol. The Morgan fingerprint density at radius 2 is 1.52 bits per heavy atom. The van der Waals surface area contributed by atoms with Crippen molar-refractivity contribution in [2.75, 3.05) is 0 Å². The van der Waals surface area contributed by atoms with Crippen LogP contribution >= 0.6 is 0 Å². The molecule has 0 radical (unpaired) electrons. The summed E-state index contributed by atoms with van der Waals surface area (Å²) in [7, 11) is 2.10. The van der Waals surface area contributed by atoms with Crippen LogP contribution in [0.3, 0.4) is 0 Å². The summed E-state index contributed by atoms with van der Waals surface area (Å²) >= 11 is 0. The van der Waals surface area contributed by atoms with E-state index < -0.39 is 0 Å². The van der Waals surface area contributed by atoms with Gasteiger partial charge in [-0.05, 0) is 53.8 Å². The molecule has 2 heteroatoms. The normalized spacial score (nSPS) is 10.8. The van der Waals surface area contributed by atoms with Gasteiger partial charge in [-0.2, -0.15) is 0 Å². The molecule has 0 amide bonds. The van der Waals surface area contributed by atoms with E-state index in [0.717, 1.165) is 0 Å². The molecule has 2 aromatic carbocycles. The van der Waals surface area contributed by atoms with Gasteiger partial charge in [0.15, 0.2) is 6.20 Å². The quantitative estimate of drug-likeness (QED) is 0.444. The molecule has 2 aromatic heterocycles. The fraction of sp³-hybridized carbons (Fsp3) is 0.120. The van der Waals surface area contributed by atoms with Crippen LogP contribution in [0.15, 0.2) is 85.3 Å². The molecule has 0 spiro atoms. The summed E-state index contributed by atoms with van der Waals surface area (Å²) in [6.45, 7) is 4.31. The van der Waals surface area contributed by atoms with Crippen LogP contribution in [0.4, 0.5) is 0 Å². The topological polar surface area (TPSA) is 16.8 Å². The zero-order chi connectivity index (χ0) is 18.8. The van der Waals surface area contributed by atoms with E-state index in [9.17, 15) is 0 Å². The van der Waals surface area contributed by atoms with Crippen molar-refractivity contribution in [3.8, 4) is 33.5 Å². The summed E-state index contributed by atoms with van der Waals surface area (Å²) in [6.07, 6.45) is 5.90. The van der Waals surface area contributed by atoms with Crippen LogP contribution in [0.1, 0.15) is 11.1 Å². The highest BCUT2D eigenvalue weighted by Crippen LogP contribution is 2.34. The summed E-state index contributed by atoms with van der Waals surface area (Å²) in [5, 5.41) is 0. The molecular weight excluding hydrogens is 328 g/mol. The smallest absolute Gasteiger partial charge is 0.220 e. The van der Waals surface area contributed by atoms with E-state index in [0.29, 0.717) is 0 Å². The first kappa shape index (κ1) is 17.2. The molecular formula is C25H23N2+. The molecule has 0 saturated heterocycles. The second-order valence-electron chi connectivity index (χ2n) is 6.97. The number of hydrogen-bond donors (Lipinski definition) is 0. The third-order valence-electron chi connectivity index (χ3n) is 5.08. The summed E-state index contributed by atoms with van der Waals surface area (Å²) in [4.78, 5) is 4.26. The van der Waals surface area contributed by atoms with Crippen LogP contribution in [0.5, 0.6) is 0 Å². The monoisotopic (exact) mass is 351 g/mol. The zero-order valence-electron chi connectivity index (χ0n) is 16.0. The van der Waals surface area contributed by atoms with Gasteiger partial charge in [0.2, 0.25) is 5.69 Å². The molecule has 2 nitrogen and oxygen atoms in total.